The highest BCUT2D eigenvalue weighted by molar-refractivity contribution is 6.00. The van der Waals surface area contributed by atoms with Crippen LogP contribution < -0.4 is 5.32 Å². The molecule has 1 aromatic carbocycles. The van der Waals surface area contributed by atoms with Crippen molar-refractivity contribution in [3.8, 4) is 0 Å². The molecule has 0 aromatic heterocycles. The Kier molecular flexibility index (Phi) is 4.64. The van der Waals surface area contributed by atoms with Crippen LogP contribution in [0.1, 0.15) is 29.6 Å². The van der Waals surface area contributed by atoms with Crippen LogP contribution >= 0.6 is 0 Å². The highest BCUT2D eigenvalue weighted by Crippen LogP contribution is 2.36. The van der Waals surface area contributed by atoms with Crippen molar-refractivity contribution in [2.75, 3.05) is 13.1 Å². The quantitative estimate of drug-likeness (QED) is 0.747. The van der Waals surface area contributed by atoms with Crippen molar-refractivity contribution in [1.29, 1.82) is 0 Å². The molecule has 1 saturated heterocycles. The number of aliphatic hydroxyl groups is 2. The third-order valence-electron chi connectivity index (χ3n) is 4.75. The zero-order chi connectivity index (χ0) is 16.3. The van der Waals surface area contributed by atoms with Crippen LogP contribution in [0.4, 0.5) is 0 Å². The molecule has 0 bridgehead atoms. The molecule has 0 radical (unpaired) electrons. The van der Waals surface area contributed by atoms with Gasteiger partial charge in [-0.3, -0.25) is 4.79 Å². The van der Waals surface area contributed by atoms with E-state index in [0.717, 1.165) is 25.9 Å². The molecular weight excluding hydrogens is 290 g/mol. The van der Waals surface area contributed by atoms with Gasteiger partial charge in [0.25, 0.3) is 0 Å². The summed E-state index contributed by atoms with van der Waals surface area (Å²) < 4.78 is 0. The summed E-state index contributed by atoms with van der Waals surface area (Å²) in [7, 11) is 0. The van der Waals surface area contributed by atoms with E-state index in [0.29, 0.717) is 17.9 Å². The van der Waals surface area contributed by atoms with Gasteiger partial charge in [-0.1, -0.05) is 36.4 Å². The number of Topliss-reactive ketones (excluding diaryl/α,β-unsaturated/α-hetero) is 1. The fourth-order valence-corrected chi connectivity index (χ4v) is 3.60. The van der Waals surface area contributed by atoms with Crippen molar-refractivity contribution in [2.24, 2.45) is 11.8 Å². The van der Waals surface area contributed by atoms with Gasteiger partial charge in [0, 0.05) is 5.56 Å². The van der Waals surface area contributed by atoms with Crippen molar-refractivity contribution < 1.29 is 15.0 Å². The lowest BCUT2D eigenvalue weighted by atomic mass is 9.73. The van der Waals surface area contributed by atoms with Gasteiger partial charge in [-0.2, -0.15) is 0 Å². The Morgan fingerprint density at radius 1 is 1.30 bits per heavy atom. The standard InChI is InChI=1S/C19H23NO3/c21-16-8-9-17(18(22)15-6-2-1-3-7-15)19(23,12-16)11-14-5-4-10-20-13-14/h1-3,6-9,12,14,17,20-21,23H,4-5,10-11,13H2. The molecule has 4 nitrogen and oxygen atoms in total. The van der Waals surface area contributed by atoms with Gasteiger partial charge in [0.1, 0.15) is 11.4 Å². The number of hydrogen-bond acceptors (Lipinski definition) is 4. The Hall–Kier alpha value is -1.91. The topological polar surface area (TPSA) is 69.6 Å². The van der Waals surface area contributed by atoms with Crippen LogP contribution in [0.2, 0.25) is 0 Å². The Morgan fingerprint density at radius 3 is 2.78 bits per heavy atom. The van der Waals surface area contributed by atoms with Crippen molar-refractivity contribution in [2.45, 2.75) is 24.9 Å². The van der Waals surface area contributed by atoms with Crippen LogP contribution in [0, 0.1) is 11.8 Å². The minimum Gasteiger partial charge on any atom is -0.508 e. The van der Waals surface area contributed by atoms with Gasteiger partial charge in [-0.15, -0.1) is 0 Å². The van der Waals surface area contributed by atoms with Gasteiger partial charge in [0.15, 0.2) is 5.78 Å². The number of nitrogens with one attached hydrogen (secondary N) is 1. The lowest BCUT2D eigenvalue weighted by Gasteiger charge is -2.37. The van der Waals surface area contributed by atoms with Crippen LogP contribution in [0.25, 0.3) is 0 Å². The summed E-state index contributed by atoms with van der Waals surface area (Å²) >= 11 is 0. The molecule has 0 amide bonds. The zero-order valence-electron chi connectivity index (χ0n) is 13.1. The summed E-state index contributed by atoms with van der Waals surface area (Å²) in [5.74, 6) is -0.455. The maximum atomic E-state index is 12.8. The Labute approximate surface area is 136 Å². The van der Waals surface area contributed by atoms with E-state index in [-0.39, 0.29) is 11.5 Å². The molecule has 122 valence electrons. The molecule has 4 heteroatoms. The van der Waals surface area contributed by atoms with Crippen LogP contribution in [0.15, 0.2) is 54.3 Å². The first-order chi connectivity index (χ1) is 11.1. The number of carbonyl (C=O) groups is 1. The number of carbonyl (C=O) groups excluding carboxylic acids is 1. The molecule has 3 rings (SSSR count). The number of rotatable bonds is 4. The normalized spacial score (nSPS) is 30.7. The molecule has 23 heavy (non-hydrogen) atoms. The molecule has 0 spiro atoms. The zero-order valence-corrected chi connectivity index (χ0v) is 13.1. The minimum absolute atomic E-state index is 0.0216. The summed E-state index contributed by atoms with van der Waals surface area (Å²) in [4.78, 5) is 12.8. The largest absolute Gasteiger partial charge is 0.508 e. The highest BCUT2D eigenvalue weighted by Gasteiger charge is 2.42. The van der Waals surface area contributed by atoms with Gasteiger partial charge in [0.2, 0.25) is 0 Å². The van der Waals surface area contributed by atoms with Crippen LogP contribution in [0.5, 0.6) is 0 Å². The monoisotopic (exact) mass is 313 g/mol. The Balaban J connectivity index is 1.84. The lowest BCUT2D eigenvalue weighted by Crippen LogP contribution is -2.45. The fourth-order valence-electron chi connectivity index (χ4n) is 3.60. The van der Waals surface area contributed by atoms with E-state index in [1.54, 1.807) is 18.2 Å². The molecule has 3 unspecified atom stereocenters. The number of allylic oxidation sites excluding steroid dienone is 1. The van der Waals surface area contributed by atoms with Crippen molar-refractivity contribution in [3.63, 3.8) is 0 Å². The maximum Gasteiger partial charge on any atom is 0.172 e. The predicted molar refractivity (Wildman–Crippen MR) is 89.3 cm³/mol. The Bertz CT molecular complexity index is 617. The second-order valence-corrected chi connectivity index (χ2v) is 6.54. The molecule has 1 aliphatic heterocycles. The van der Waals surface area contributed by atoms with Crippen molar-refractivity contribution in [1.82, 2.24) is 5.32 Å². The van der Waals surface area contributed by atoms with Gasteiger partial charge in [-0.25, -0.2) is 0 Å². The number of ketones is 1. The summed E-state index contributed by atoms with van der Waals surface area (Å²) in [6.45, 7) is 1.84. The fraction of sp³-hybridized carbons (Fsp3) is 0.421. The van der Waals surface area contributed by atoms with Gasteiger partial charge >= 0.3 is 0 Å². The number of piperidine rings is 1. The molecule has 3 atom stereocenters. The smallest absolute Gasteiger partial charge is 0.172 e. The molecule has 0 saturated carbocycles. The van der Waals surface area contributed by atoms with E-state index in [1.807, 2.05) is 18.2 Å². The average molecular weight is 313 g/mol. The number of hydrogen-bond donors (Lipinski definition) is 3. The average Bonchev–Trinajstić information content (AvgIpc) is 2.55. The molecule has 1 heterocycles. The molecule has 3 N–H and O–H groups in total. The molecule has 1 aliphatic carbocycles. The summed E-state index contributed by atoms with van der Waals surface area (Å²) in [5, 5.41) is 24.3. The van der Waals surface area contributed by atoms with Gasteiger partial charge in [0.05, 0.1) is 5.92 Å². The number of benzene rings is 1. The second-order valence-electron chi connectivity index (χ2n) is 6.54. The van der Waals surface area contributed by atoms with E-state index in [9.17, 15) is 15.0 Å². The van der Waals surface area contributed by atoms with E-state index < -0.39 is 11.5 Å². The van der Waals surface area contributed by atoms with E-state index in [1.165, 1.54) is 12.2 Å². The maximum absolute atomic E-state index is 12.8. The van der Waals surface area contributed by atoms with Crippen molar-refractivity contribution in [3.05, 3.63) is 59.9 Å². The first-order valence-corrected chi connectivity index (χ1v) is 8.21. The molecular formula is C19H23NO3. The summed E-state index contributed by atoms with van der Waals surface area (Å²) in [5.41, 5.74) is -0.757. The van der Waals surface area contributed by atoms with Crippen LogP contribution in [-0.2, 0) is 0 Å². The first kappa shape index (κ1) is 16.0. The Morgan fingerprint density at radius 2 is 2.09 bits per heavy atom. The molecule has 1 fully saturated rings. The second kappa shape index (κ2) is 6.69. The van der Waals surface area contributed by atoms with Gasteiger partial charge in [-0.05, 0) is 50.4 Å². The van der Waals surface area contributed by atoms with Gasteiger partial charge < -0.3 is 15.5 Å². The third kappa shape index (κ3) is 3.54. The first-order valence-electron chi connectivity index (χ1n) is 8.21. The lowest BCUT2D eigenvalue weighted by molar-refractivity contribution is 0.0172. The molecule has 2 aliphatic rings. The number of aliphatic hydroxyl groups excluding tert-OH is 1. The highest BCUT2D eigenvalue weighted by atomic mass is 16.3. The van der Waals surface area contributed by atoms with Crippen molar-refractivity contribution >= 4 is 5.78 Å². The third-order valence-corrected chi connectivity index (χ3v) is 4.75. The predicted octanol–water partition coefficient (Wildman–Crippen LogP) is 2.62. The van der Waals surface area contributed by atoms with Crippen LogP contribution in [0.3, 0.4) is 0 Å². The summed E-state index contributed by atoms with van der Waals surface area (Å²) in [6, 6.07) is 9.02. The summed E-state index contributed by atoms with van der Waals surface area (Å²) in [6.07, 6.45) is 7.13. The van der Waals surface area contributed by atoms with Crippen LogP contribution in [-0.4, -0.2) is 34.7 Å². The minimum atomic E-state index is -1.34. The molecule has 1 aromatic rings. The van der Waals surface area contributed by atoms with E-state index in [4.69, 9.17) is 0 Å². The SMILES string of the molecule is O=C(c1ccccc1)C1C=CC(O)=CC1(O)CC1CCCNC1. The van der Waals surface area contributed by atoms with E-state index >= 15 is 0 Å². The van der Waals surface area contributed by atoms with E-state index in [2.05, 4.69) is 5.32 Å².